The van der Waals surface area contributed by atoms with Gasteiger partial charge in [-0.3, -0.25) is 14.6 Å². The Morgan fingerprint density at radius 1 is 1.07 bits per heavy atom. The number of aryl methyl sites for hydroxylation is 1. The fourth-order valence-corrected chi connectivity index (χ4v) is 3.05. The Labute approximate surface area is 159 Å². The van der Waals surface area contributed by atoms with E-state index in [2.05, 4.69) is 9.97 Å². The first-order chi connectivity index (χ1) is 13.1. The zero-order valence-corrected chi connectivity index (χ0v) is 15.7. The van der Waals surface area contributed by atoms with Crippen molar-refractivity contribution in [3.63, 3.8) is 0 Å². The van der Waals surface area contributed by atoms with Crippen LogP contribution in [0.5, 0.6) is 5.75 Å². The lowest BCUT2D eigenvalue weighted by Gasteiger charge is -2.22. The molecule has 7 heteroatoms. The third-order valence-corrected chi connectivity index (χ3v) is 4.82. The molecule has 1 aliphatic heterocycles. The Balaban J connectivity index is 1.55. The Morgan fingerprint density at radius 3 is 2.63 bits per heavy atom. The van der Waals surface area contributed by atoms with Gasteiger partial charge in [0, 0.05) is 38.6 Å². The average Bonchev–Trinajstić information content (AvgIpc) is 2.95. The summed E-state index contributed by atoms with van der Waals surface area (Å²) in [5.41, 5.74) is 2.50. The van der Waals surface area contributed by atoms with Crippen LogP contribution < -0.4 is 4.74 Å². The molecule has 0 N–H and O–H groups in total. The van der Waals surface area contributed by atoms with Gasteiger partial charge in [-0.25, -0.2) is 4.98 Å². The number of hydrogen-bond acceptors (Lipinski definition) is 5. The largest absolute Gasteiger partial charge is 0.483 e. The van der Waals surface area contributed by atoms with E-state index in [1.807, 2.05) is 32.0 Å². The highest BCUT2D eigenvalue weighted by Gasteiger charge is 2.23. The highest BCUT2D eigenvalue weighted by Crippen LogP contribution is 2.20. The summed E-state index contributed by atoms with van der Waals surface area (Å²) in [6.45, 7) is 6.17. The molecule has 1 aromatic heterocycles. The molecule has 1 fully saturated rings. The first-order valence-corrected chi connectivity index (χ1v) is 9.08. The fourth-order valence-electron chi connectivity index (χ4n) is 3.05. The number of amides is 2. The molecule has 0 saturated carbocycles. The zero-order valence-electron chi connectivity index (χ0n) is 15.7. The van der Waals surface area contributed by atoms with E-state index in [9.17, 15) is 9.59 Å². The molecular weight excluding hydrogens is 344 g/mol. The van der Waals surface area contributed by atoms with Crippen molar-refractivity contribution >= 4 is 11.8 Å². The normalized spacial score (nSPS) is 14.6. The minimum atomic E-state index is -0.149. The average molecular weight is 368 g/mol. The predicted molar refractivity (Wildman–Crippen MR) is 101 cm³/mol. The minimum absolute atomic E-state index is 0.00238. The lowest BCUT2D eigenvalue weighted by Crippen LogP contribution is -2.39. The van der Waals surface area contributed by atoms with Gasteiger partial charge in [0.25, 0.3) is 11.8 Å². The number of nitrogens with zero attached hydrogens (tertiary/aromatic N) is 4. The topological polar surface area (TPSA) is 75.6 Å². The van der Waals surface area contributed by atoms with Gasteiger partial charge in [0.1, 0.15) is 11.4 Å². The second-order valence-electron chi connectivity index (χ2n) is 6.60. The molecule has 0 aliphatic carbocycles. The molecule has 0 bridgehead atoms. The van der Waals surface area contributed by atoms with E-state index in [-0.39, 0.29) is 18.4 Å². The van der Waals surface area contributed by atoms with Gasteiger partial charge in [0.05, 0.1) is 6.20 Å². The summed E-state index contributed by atoms with van der Waals surface area (Å²) in [5.74, 6) is 0.520. The van der Waals surface area contributed by atoms with Gasteiger partial charge < -0.3 is 14.5 Å². The molecule has 7 nitrogen and oxygen atoms in total. The van der Waals surface area contributed by atoms with E-state index >= 15 is 0 Å². The van der Waals surface area contributed by atoms with Crippen molar-refractivity contribution in [1.29, 1.82) is 0 Å². The molecule has 0 unspecified atom stereocenters. The summed E-state index contributed by atoms with van der Waals surface area (Å²) in [4.78, 5) is 36.5. The second kappa shape index (κ2) is 8.62. The Kier molecular flexibility index (Phi) is 6.01. The maximum Gasteiger partial charge on any atom is 0.274 e. The summed E-state index contributed by atoms with van der Waals surface area (Å²) >= 11 is 0. The molecule has 1 aliphatic rings. The lowest BCUT2D eigenvalue weighted by atomic mass is 10.1. The lowest BCUT2D eigenvalue weighted by molar-refractivity contribution is -0.133. The Bertz CT molecular complexity index is 810. The van der Waals surface area contributed by atoms with Crippen molar-refractivity contribution in [2.45, 2.75) is 20.3 Å². The summed E-state index contributed by atoms with van der Waals surface area (Å²) < 4.78 is 5.73. The zero-order chi connectivity index (χ0) is 19.2. The first kappa shape index (κ1) is 18.8. The molecular formula is C20H24N4O3. The van der Waals surface area contributed by atoms with Crippen molar-refractivity contribution in [3.05, 3.63) is 53.6 Å². The maximum atomic E-state index is 12.5. The van der Waals surface area contributed by atoms with Crippen LogP contribution in [0, 0.1) is 13.8 Å². The van der Waals surface area contributed by atoms with Crippen LogP contribution in [-0.4, -0.2) is 64.4 Å². The monoisotopic (exact) mass is 368 g/mol. The standard InChI is InChI=1S/C20H24N4O3/c1-15-5-3-6-18(16(15)2)27-14-19(25)23-9-4-10-24(12-11-23)20(26)17-13-21-7-8-22-17/h3,5-8,13H,4,9-12,14H2,1-2H3. The Morgan fingerprint density at radius 2 is 1.85 bits per heavy atom. The van der Waals surface area contributed by atoms with Crippen LogP contribution in [0.25, 0.3) is 0 Å². The third kappa shape index (κ3) is 4.61. The molecule has 0 radical (unpaired) electrons. The van der Waals surface area contributed by atoms with E-state index in [1.54, 1.807) is 9.80 Å². The number of carbonyl (C=O) groups is 2. The van der Waals surface area contributed by atoms with E-state index in [0.717, 1.165) is 23.3 Å². The number of hydrogen-bond donors (Lipinski definition) is 0. The Hall–Kier alpha value is -2.96. The van der Waals surface area contributed by atoms with Gasteiger partial charge in [0.15, 0.2) is 6.61 Å². The molecule has 0 atom stereocenters. The van der Waals surface area contributed by atoms with Crippen LogP contribution in [0.2, 0.25) is 0 Å². The van der Waals surface area contributed by atoms with Crippen LogP contribution in [0.15, 0.2) is 36.8 Å². The molecule has 1 saturated heterocycles. The summed E-state index contributed by atoms with van der Waals surface area (Å²) in [6.07, 6.45) is 5.23. The van der Waals surface area contributed by atoms with E-state index in [0.29, 0.717) is 31.9 Å². The number of carbonyl (C=O) groups excluding carboxylic acids is 2. The van der Waals surface area contributed by atoms with Crippen LogP contribution >= 0.6 is 0 Å². The van der Waals surface area contributed by atoms with Crippen LogP contribution in [-0.2, 0) is 4.79 Å². The van der Waals surface area contributed by atoms with Crippen molar-refractivity contribution in [2.24, 2.45) is 0 Å². The fraction of sp³-hybridized carbons (Fsp3) is 0.400. The van der Waals surface area contributed by atoms with Crippen LogP contribution in [0.4, 0.5) is 0 Å². The molecule has 3 rings (SSSR count). The molecule has 2 heterocycles. The molecule has 2 amide bonds. The van der Waals surface area contributed by atoms with Crippen molar-refractivity contribution in [3.8, 4) is 5.75 Å². The second-order valence-corrected chi connectivity index (χ2v) is 6.60. The van der Waals surface area contributed by atoms with Gasteiger partial charge >= 0.3 is 0 Å². The van der Waals surface area contributed by atoms with E-state index in [1.165, 1.54) is 18.6 Å². The van der Waals surface area contributed by atoms with Crippen molar-refractivity contribution in [1.82, 2.24) is 19.8 Å². The number of ether oxygens (including phenoxy) is 1. The highest BCUT2D eigenvalue weighted by molar-refractivity contribution is 5.92. The summed E-state index contributed by atoms with van der Waals surface area (Å²) in [6, 6.07) is 5.81. The quantitative estimate of drug-likeness (QED) is 0.823. The summed E-state index contributed by atoms with van der Waals surface area (Å²) in [5, 5.41) is 0. The van der Waals surface area contributed by atoms with Gasteiger partial charge in [-0.1, -0.05) is 12.1 Å². The molecule has 1 aromatic carbocycles. The SMILES string of the molecule is Cc1cccc(OCC(=O)N2CCCN(C(=O)c3cnccn3)CC2)c1C. The number of rotatable bonds is 4. The van der Waals surface area contributed by atoms with Crippen LogP contribution in [0.3, 0.4) is 0 Å². The van der Waals surface area contributed by atoms with Gasteiger partial charge in [-0.2, -0.15) is 0 Å². The van der Waals surface area contributed by atoms with E-state index < -0.39 is 0 Å². The smallest absolute Gasteiger partial charge is 0.274 e. The third-order valence-electron chi connectivity index (χ3n) is 4.82. The predicted octanol–water partition coefficient (Wildman–Crippen LogP) is 1.85. The first-order valence-electron chi connectivity index (χ1n) is 9.08. The van der Waals surface area contributed by atoms with Crippen LogP contribution in [0.1, 0.15) is 28.0 Å². The molecule has 2 aromatic rings. The molecule has 142 valence electrons. The number of aromatic nitrogens is 2. The highest BCUT2D eigenvalue weighted by atomic mass is 16.5. The molecule has 27 heavy (non-hydrogen) atoms. The minimum Gasteiger partial charge on any atom is -0.483 e. The summed E-state index contributed by atoms with van der Waals surface area (Å²) in [7, 11) is 0. The maximum absolute atomic E-state index is 12.5. The number of benzene rings is 1. The van der Waals surface area contributed by atoms with Crippen molar-refractivity contribution in [2.75, 3.05) is 32.8 Å². The van der Waals surface area contributed by atoms with Gasteiger partial charge in [-0.05, 0) is 37.5 Å². The van der Waals surface area contributed by atoms with Gasteiger partial charge in [-0.15, -0.1) is 0 Å². The molecule has 0 spiro atoms. The van der Waals surface area contributed by atoms with Gasteiger partial charge in [0.2, 0.25) is 0 Å². The van der Waals surface area contributed by atoms with E-state index in [4.69, 9.17) is 4.74 Å². The van der Waals surface area contributed by atoms with Crippen molar-refractivity contribution < 1.29 is 14.3 Å².